The number of thiophene rings is 1. The smallest absolute Gasteiger partial charge is 0.252 e. The first-order valence-corrected chi connectivity index (χ1v) is 8.47. The maximum absolute atomic E-state index is 12.2. The van der Waals surface area contributed by atoms with Crippen LogP contribution in [0.2, 0.25) is 0 Å². The zero-order chi connectivity index (χ0) is 12.5. The molecule has 0 bridgehead atoms. The molecule has 1 aromatic heterocycles. The molecule has 0 aliphatic carbocycles. The lowest BCUT2D eigenvalue weighted by Crippen LogP contribution is -2.32. The fraction of sp³-hybridized carbons (Fsp3) is 0.600. The van der Waals surface area contributed by atoms with Crippen molar-refractivity contribution >= 4 is 37.3 Å². The Labute approximate surface area is 114 Å². The lowest BCUT2D eigenvalue weighted by molar-refractivity contribution is 0.400. The van der Waals surface area contributed by atoms with Crippen LogP contribution in [0.5, 0.6) is 0 Å². The SMILES string of the molecule is CN(CC1CCNC1)S(=O)(=O)c1ccc(Br)s1. The third-order valence-electron chi connectivity index (χ3n) is 2.89. The van der Waals surface area contributed by atoms with E-state index in [9.17, 15) is 8.42 Å². The number of hydrogen-bond donors (Lipinski definition) is 1. The van der Waals surface area contributed by atoms with Crippen LogP contribution in [0.1, 0.15) is 6.42 Å². The minimum Gasteiger partial charge on any atom is -0.316 e. The van der Waals surface area contributed by atoms with Crippen LogP contribution in [0.15, 0.2) is 20.1 Å². The van der Waals surface area contributed by atoms with Crippen molar-refractivity contribution in [2.24, 2.45) is 5.92 Å². The predicted molar refractivity (Wildman–Crippen MR) is 72.8 cm³/mol. The summed E-state index contributed by atoms with van der Waals surface area (Å²) in [5, 5.41) is 3.25. The van der Waals surface area contributed by atoms with E-state index in [4.69, 9.17) is 0 Å². The summed E-state index contributed by atoms with van der Waals surface area (Å²) < 4.78 is 27.2. The summed E-state index contributed by atoms with van der Waals surface area (Å²) in [5.74, 6) is 0.429. The Kier molecular flexibility index (Phi) is 4.25. The normalized spacial score (nSPS) is 21.2. The minimum absolute atomic E-state index is 0.401. The van der Waals surface area contributed by atoms with E-state index in [0.717, 1.165) is 23.3 Å². The highest BCUT2D eigenvalue weighted by molar-refractivity contribution is 9.11. The van der Waals surface area contributed by atoms with Crippen molar-refractivity contribution in [2.45, 2.75) is 10.6 Å². The van der Waals surface area contributed by atoms with Gasteiger partial charge in [-0.3, -0.25) is 0 Å². The van der Waals surface area contributed by atoms with Crippen LogP contribution in [-0.4, -0.2) is 39.4 Å². The molecule has 17 heavy (non-hydrogen) atoms. The highest BCUT2D eigenvalue weighted by Crippen LogP contribution is 2.28. The van der Waals surface area contributed by atoms with Crippen molar-refractivity contribution in [1.82, 2.24) is 9.62 Å². The number of hydrogen-bond acceptors (Lipinski definition) is 4. The van der Waals surface area contributed by atoms with Gasteiger partial charge in [-0.05, 0) is 53.5 Å². The molecule has 1 aromatic rings. The highest BCUT2D eigenvalue weighted by atomic mass is 79.9. The summed E-state index contributed by atoms with van der Waals surface area (Å²) in [6, 6.07) is 3.41. The van der Waals surface area contributed by atoms with E-state index in [1.54, 1.807) is 19.2 Å². The molecule has 4 nitrogen and oxygen atoms in total. The molecule has 1 fully saturated rings. The minimum atomic E-state index is -3.31. The fourth-order valence-electron chi connectivity index (χ4n) is 1.92. The summed E-state index contributed by atoms with van der Waals surface area (Å²) in [4.78, 5) is 0. The lowest BCUT2D eigenvalue weighted by atomic mass is 10.1. The first-order valence-electron chi connectivity index (χ1n) is 5.42. The Hall–Kier alpha value is 0.0500. The van der Waals surface area contributed by atoms with Crippen LogP contribution >= 0.6 is 27.3 Å². The zero-order valence-corrected chi connectivity index (χ0v) is 12.7. The Bertz CT molecular complexity index is 480. The second-order valence-electron chi connectivity index (χ2n) is 4.20. The van der Waals surface area contributed by atoms with Gasteiger partial charge in [0.25, 0.3) is 10.0 Å². The third-order valence-corrected chi connectivity index (χ3v) is 6.81. The van der Waals surface area contributed by atoms with E-state index in [2.05, 4.69) is 21.2 Å². The largest absolute Gasteiger partial charge is 0.316 e. The Balaban J connectivity index is 2.09. The van der Waals surface area contributed by atoms with E-state index in [1.807, 2.05) is 0 Å². The molecule has 0 aromatic carbocycles. The molecule has 1 N–H and O–H groups in total. The average molecular weight is 339 g/mol. The molecule has 1 aliphatic heterocycles. The summed E-state index contributed by atoms with van der Waals surface area (Å²) in [6.45, 7) is 2.49. The molecule has 0 radical (unpaired) electrons. The molecule has 0 saturated carbocycles. The Morgan fingerprint density at radius 3 is 2.88 bits per heavy atom. The van der Waals surface area contributed by atoms with Crippen molar-refractivity contribution in [2.75, 3.05) is 26.7 Å². The van der Waals surface area contributed by atoms with Gasteiger partial charge in [-0.2, -0.15) is 4.31 Å². The molecule has 96 valence electrons. The van der Waals surface area contributed by atoms with Gasteiger partial charge in [-0.1, -0.05) is 0 Å². The molecule has 1 saturated heterocycles. The van der Waals surface area contributed by atoms with Gasteiger partial charge in [0, 0.05) is 13.6 Å². The highest BCUT2D eigenvalue weighted by Gasteiger charge is 2.26. The summed E-state index contributed by atoms with van der Waals surface area (Å²) >= 11 is 4.54. The quantitative estimate of drug-likeness (QED) is 0.909. The topological polar surface area (TPSA) is 49.4 Å². The second kappa shape index (κ2) is 5.36. The predicted octanol–water partition coefficient (Wildman–Crippen LogP) is 1.74. The van der Waals surface area contributed by atoms with E-state index in [-0.39, 0.29) is 0 Å². The van der Waals surface area contributed by atoms with Crippen LogP contribution < -0.4 is 5.32 Å². The molecule has 7 heteroatoms. The molecule has 2 rings (SSSR count). The van der Waals surface area contributed by atoms with E-state index in [1.165, 1.54) is 15.6 Å². The Morgan fingerprint density at radius 1 is 1.59 bits per heavy atom. The second-order valence-corrected chi connectivity index (χ2v) is 8.94. The zero-order valence-electron chi connectivity index (χ0n) is 9.52. The maximum atomic E-state index is 12.2. The standard InChI is InChI=1S/C10H15BrN2O2S2/c1-13(7-8-4-5-12-6-8)17(14,15)10-3-2-9(11)16-10/h2-3,8,12H,4-7H2,1H3. The summed E-state index contributed by atoms with van der Waals surface area (Å²) in [6.07, 6.45) is 1.05. The molecular weight excluding hydrogens is 324 g/mol. The van der Waals surface area contributed by atoms with E-state index < -0.39 is 10.0 Å². The van der Waals surface area contributed by atoms with Crippen LogP contribution in [0.3, 0.4) is 0 Å². The van der Waals surface area contributed by atoms with Gasteiger partial charge in [0.2, 0.25) is 0 Å². The Morgan fingerprint density at radius 2 is 2.35 bits per heavy atom. The van der Waals surface area contributed by atoms with Crippen LogP contribution in [-0.2, 0) is 10.0 Å². The van der Waals surface area contributed by atoms with Crippen molar-refractivity contribution in [1.29, 1.82) is 0 Å². The van der Waals surface area contributed by atoms with Crippen molar-refractivity contribution < 1.29 is 8.42 Å². The van der Waals surface area contributed by atoms with Crippen molar-refractivity contribution in [3.63, 3.8) is 0 Å². The van der Waals surface area contributed by atoms with Gasteiger partial charge >= 0.3 is 0 Å². The van der Waals surface area contributed by atoms with Gasteiger partial charge in [-0.15, -0.1) is 11.3 Å². The number of sulfonamides is 1. The van der Waals surface area contributed by atoms with Gasteiger partial charge in [-0.25, -0.2) is 8.42 Å². The molecule has 0 amide bonds. The molecule has 1 atom stereocenters. The van der Waals surface area contributed by atoms with Gasteiger partial charge < -0.3 is 5.32 Å². The van der Waals surface area contributed by atoms with Gasteiger partial charge in [0.05, 0.1) is 3.79 Å². The van der Waals surface area contributed by atoms with Crippen molar-refractivity contribution in [3.8, 4) is 0 Å². The number of nitrogens with zero attached hydrogens (tertiary/aromatic N) is 1. The summed E-state index contributed by atoms with van der Waals surface area (Å²) in [7, 11) is -1.66. The van der Waals surface area contributed by atoms with Crippen LogP contribution in [0, 0.1) is 5.92 Å². The average Bonchev–Trinajstić information content (AvgIpc) is 2.89. The van der Waals surface area contributed by atoms with Gasteiger partial charge in [0.15, 0.2) is 0 Å². The van der Waals surface area contributed by atoms with Gasteiger partial charge in [0.1, 0.15) is 4.21 Å². The third kappa shape index (κ3) is 3.08. The summed E-state index contributed by atoms with van der Waals surface area (Å²) in [5.41, 5.74) is 0. The molecule has 0 spiro atoms. The van der Waals surface area contributed by atoms with Crippen molar-refractivity contribution in [3.05, 3.63) is 15.9 Å². The molecule has 1 aliphatic rings. The number of rotatable bonds is 4. The fourth-order valence-corrected chi connectivity index (χ4v) is 5.39. The van der Waals surface area contributed by atoms with Crippen LogP contribution in [0.25, 0.3) is 0 Å². The van der Waals surface area contributed by atoms with Crippen LogP contribution in [0.4, 0.5) is 0 Å². The number of nitrogens with one attached hydrogen (secondary N) is 1. The molecular formula is C10H15BrN2O2S2. The first-order chi connectivity index (χ1) is 8.00. The monoisotopic (exact) mass is 338 g/mol. The van der Waals surface area contributed by atoms with E-state index in [0.29, 0.717) is 16.7 Å². The number of halogens is 1. The first kappa shape index (κ1) is 13.5. The molecule has 2 heterocycles. The lowest BCUT2D eigenvalue weighted by Gasteiger charge is -2.19. The van der Waals surface area contributed by atoms with E-state index >= 15 is 0 Å². The molecule has 1 unspecified atom stereocenters. The maximum Gasteiger partial charge on any atom is 0.252 e.